The van der Waals surface area contributed by atoms with E-state index in [4.69, 9.17) is 11.6 Å². The summed E-state index contributed by atoms with van der Waals surface area (Å²) in [7, 11) is -3.81. The van der Waals surface area contributed by atoms with Crippen molar-refractivity contribution in [2.75, 3.05) is 39.3 Å². The van der Waals surface area contributed by atoms with Crippen molar-refractivity contribution in [3.05, 3.63) is 26.8 Å². The molecule has 3 unspecified atom stereocenters. The van der Waals surface area contributed by atoms with Crippen LogP contribution in [0.15, 0.2) is 17.5 Å². The molecule has 3 aliphatic heterocycles. The molecule has 1 N–H and O–H groups in total. The molecule has 1 aromatic rings. The van der Waals surface area contributed by atoms with Crippen molar-refractivity contribution in [2.24, 2.45) is 11.8 Å². The number of rotatable bonds is 8. The summed E-state index contributed by atoms with van der Waals surface area (Å²) in [6.07, 6.45) is 7.49. The summed E-state index contributed by atoms with van der Waals surface area (Å²) in [5, 5.41) is 1.06. The van der Waals surface area contributed by atoms with Crippen LogP contribution in [0.2, 0.25) is 4.34 Å². The molecule has 11 heteroatoms. The number of carbonyl (C=O) groups excluding carboxylic acids is 2. The lowest BCUT2D eigenvalue weighted by molar-refractivity contribution is -0.144. The lowest BCUT2D eigenvalue weighted by Crippen LogP contribution is -2.55. The molecule has 0 radical (unpaired) electrons. The SMILES string of the molecule is O=C1[C@@H](NS(=O)(=O)/C=C/c2ccc(Cl)s2)CCCN1CC(=O)N1CC2CC2C1CN1CCCCC1. The lowest BCUT2D eigenvalue weighted by atomic mass is 10.1. The molecule has 1 saturated carbocycles. The summed E-state index contributed by atoms with van der Waals surface area (Å²) in [4.78, 5) is 33.1. The zero-order chi connectivity index (χ0) is 24.6. The van der Waals surface area contributed by atoms with Crippen LogP contribution in [0.4, 0.5) is 0 Å². The fourth-order valence-corrected chi connectivity index (χ4v) is 7.84. The lowest BCUT2D eigenvalue weighted by Gasteiger charge is -2.37. The van der Waals surface area contributed by atoms with E-state index in [1.807, 2.05) is 4.90 Å². The van der Waals surface area contributed by atoms with Crippen LogP contribution in [-0.4, -0.2) is 86.3 Å². The Morgan fingerprint density at radius 3 is 2.71 bits per heavy atom. The molecule has 4 atom stereocenters. The fraction of sp³-hybridized carbons (Fsp3) is 0.667. The molecule has 4 heterocycles. The van der Waals surface area contributed by atoms with Gasteiger partial charge in [0.05, 0.1) is 10.9 Å². The van der Waals surface area contributed by atoms with E-state index in [0.717, 1.165) is 31.6 Å². The van der Waals surface area contributed by atoms with Crippen LogP contribution in [0.5, 0.6) is 0 Å². The zero-order valence-corrected chi connectivity index (χ0v) is 22.2. The number of hydrogen-bond donors (Lipinski definition) is 1. The third kappa shape index (κ3) is 6.10. The Morgan fingerprint density at radius 2 is 1.97 bits per heavy atom. The molecule has 1 aromatic heterocycles. The van der Waals surface area contributed by atoms with Crippen molar-refractivity contribution < 1.29 is 18.0 Å². The molecule has 1 aliphatic carbocycles. The normalized spacial score (nSPS) is 29.7. The molecule has 192 valence electrons. The third-order valence-corrected chi connectivity index (χ3v) is 9.99. The Hall–Kier alpha value is -1.46. The van der Waals surface area contributed by atoms with E-state index in [-0.39, 0.29) is 24.4 Å². The van der Waals surface area contributed by atoms with Crippen LogP contribution in [0.3, 0.4) is 0 Å². The Kier molecular flexibility index (Phi) is 7.56. The number of hydrogen-bond acceptors (Lipinski definition) is 6. The van der Waals surface area contributed by atoms with Crippen LogP contribution in [0, 0.1) is 11.8 Å². The van der Waals surface area contributed by atoms with Gasteiger partial charge in [-0.2, -0.15) is 4.72 Å². The predicted octanol–water partition coefficient (Wildman–Crippen LogP) is 2.62. The average Bonchev–Trinajstić information content (AvgIpc) is 3.33. The first-order valence-electron chi connectivity index (χ1n) is 12.6. The first-order valence-corrected chi connectivity index (χ1v) is 15.3. The summed E-state index contributed by atoms with van der Waals surface area (Å²) in [5.41, 5.74) is 0. The van der Waals surface area contributed by atoms with E-state index < -0.39 is 16.1 Å². The number of thiophene rings is 1. The van der Waals surface area contributed by atoms with E-state index in [1.165, 1.54) is 48.0 Å². The van der Waals surface area contributed by atoms with Gasteiger partial charge in [-0.1, -0.05) is 18.0 Å². The number of nitrogens with zero attached hydrogens (tertiary/aromatic N) is 3. The second-order valence-electron chi connectivity index (χ2n) is 10.2. The molecule has 5 rings (SSSR count). The van der Waals surface area contributed by atoms with Gasteiger partial charge in [0.2, 0.25) is 21.8 Å². The number of halogens is 1. The first-order chi connectivity index (χ1) is 16.8. The first kappa shape index (κ1) is 25.2. The topological polar surface area (TPSA) is 90.0 Å². The highest BCUT2D eigenvalue weighted by Crippen LogP contribution is 2.49. The van der Waals surface area contributed by atoms with Gasteiger partial charge in [-0.25, -0.2) is 8.42 Å². The Bertz CT molecular complexity index is 1090. The maximum atomic E-state index is 13.3. The van der Waals surface area contributed by atoms with Gasteiger partial charge in [0.25, 0.3) is 0 Å². The molecule has 35 heavy (non-hydrogen) atoms. The summed E-state index contributed by atoms with van der Waals surface area (Å²) in [6.45, 7) is 4.44. The fourth-order valence-electron chi connectivity index (χ4n) is 5.77. The minimum Gasteiger partial charge on any atom is -0.336 e. The van der Waals surface area contributed by atoms with Crippen LogP contribution in [-0.2, 0) is 19.6 Å². The van der Waals surface area contributed by atoms with Crippen LogP contribution < -0.4 is 4.72 Å². The molecule has 0 bridgehead atoms. The number of nitrogens with one attached hydrogen (secondary N) is 1. The van der Waals surface area contributed by atoms with Crippen molar-refractivity contribution in [1.29, 1.82) is 0 Å². The second kappa shape index (κ2) is 10.5. The average molecular weight is 541 g/mol. The van der Waals surface area contributed by atoms with Crippen molar-refractivity contribution in [1.82, 2.24) is 19.4 Å². The highest BCUT2D eigenvalue weighted by atomic mass is 35.5. The number of piperidine rings is 3. The highest BCUT2D eigenvalue weighted by molar-refractivity contribution is 7.92. The summed E-state index contributed by atoms with van der Waals surface area (Å²) >= 11 is 7.17. The van der Waals surface area contributed by atoms with E-state index in [1.54, 1.807) is 12.1 Å². The maximum absolute atomic E-state index is 13.3. The van der Waals surface area contributed by atoms with Gasteiger partial charge in [0, 0.05) is 36.0 Å². The molecular formula is C24H33ClN4O4S2. The summed E-state index contributed by atoms with van der Waals surface area (Å²) < 4.78 is 28.2. The highest BCUT2D eigenvalue weighted by Gasteiger charge is 2.54. The molecule has 0 aromatic carbocycles. The van der Waals surface area contributed by atoms with Gasteiger partial charge < -0.3 is 14.7 Å². The van der Waals surface area contributed by atoms with Crippen molar-refractivity contribution in [3.63, 3.8) is 0 Å². The molecule has 4 aliphatic rings. The van der Waals surface area contributed by atoms with Gasteiger partial charge in [-0.3, -0.25) is 9.59 Å². The summed E-state index contributed by atoms with van der Waals surface area (Å²) in [6, 6.07) is 2.83. The van der Waals surface area contributed by atoms with Gasteiger partial charge in [0.1, 0.15) is 6.04 Å². The smallest absolute Gasteiger partial charge is 0.242 e. The van der Waals surface area contributed by atoms with E-state index in [2.05, 4.69) is 9.62 Å². The number of sulfonamides is 1. The van der Waals surface area contributed by atoms with Crippen molar-refractivity contribution in [2.45, 2.75) is 50.6 Å². The molecule has 8 nitrogen and oxygen atoms in total. The standard InChI is InChI=1S/C24H33ClN4O4S2/c25-22-7-6-18(34-22)8-12-35(32,33)26-20-5-4-11-28(24(20)31)16-23(30)29-14-17-13-19(17)21(29)15-27-9-2-1-3-10-27/h6-8,12,17,19-21,26H,1-5,9-11,13-16H2/b12-8+/t17?,19?,20-,21?/m0/s1. The Labute approximate surface area is 216 Å². The van der Waals surface area contributed by atoms with Crippen molar-refractivity contribution >= 4 is 50.9 Å². The van der Waals surface area contributed by atoms with Gasteiger partial charge >= 0.3 is 0 Å². The van der Waals surface area contributed by atoms with Gasteiger partial charge in [0.15, 0.2) is 0 Å². The minimum atomic E-state index is -3.81. The zero-order valence-electron chi connectivity index (χ0n) is 19.8. The third-order valence-electron chi connectivity index (χ3n) is 7.69. The summed E-state index contributed by atoms with van der Waals surface area (Å²) in [5.74, 6) is 0.876. The van der Waals surface area contributed by atoms with Crippen LogP contribution in [0.25, 0.3) is 6.08 Å². The second-order valence-corrected chi connectivity index (χ2v) is 13.5. The molecule has 4 fully saturated rings. The molecule has 2 amide bonds. The Balaban J connectivity index is 1.17. The van der Waals surface area contributed by atoms with E-state index >= 15 is 0 Å². The van der Waals surface area contributed by atoms with Crippen LogP contribution in [0.1, 0.15) is 43.4 Å². The van der Waals surface area contributed by atoms with E-state index in [9.17, 15) is 18.0 Å². The number of likely N-dealkylation sites (tertiary alicyclic amines) is 3. The van der Waals surface area contributed by atoms with Crippen molar-refractivity contribution in [3.8, 4) is 0 Å². The van der Waals surface area contributed by atoms with E-state index in [0.29, 0.717) is 40.4 Å². The largest absolute Gasteiger partial charge is 0.336 e. The van der Waals surface area contributed by atoms with Crippen LogP contribution >= 0.6 is 22.9 Å². The minimum absolute atomic E-state index is 0.00876. The number of amides is 2. The quantitative estimate of drug-likeness (QED) is 0.547. The monoisotopic (exact) mass is 540 g/mol. The van der Waals surface area contributed by atoms with Gasteiger partial charge in [-0.15, -0.1) is 11.3 Å². The molecular weight excluding hydrogens is 508 g/mol. The predicted molar refractivity (Wildman–Crippen MR) is 137 cm³/mol. The maximum Gasteiger partial charge on any atom is 0.242 e. The number of carbonyl (C=O) groups is 2. The molecule has 3 saturated heterocycles. The van der Waals surface area contributed by atoms with Gasteiger partial charge in [-0.05, 0) is 75.2 Å². The molecule has 0 spiro atoms. The Morgan fingerprint density at radius 1 is 1.17 bits per heavy atom. The number of fused-ring (bicyclic) bond motifs is 1.